The summed E-state index contributed by atoms with van der Waals surface area (Å²) < 4.78 is 13.1. The van der Waals surface area contributed by atoms with Gasteiger partial charge < -0.3 is 15.5 Å². The maximum atomic E-state index is 13.1. The van der Waals surface area contributed by atoms with Crippen LogP contribution in [0.2, 0.25) is 0 Å². The number of halogens is 1. The summed E-state index contributed by atoms with van der Waals surface area (Å²) in [5.74, 6) is -0.142. The second-order valence-electron chi connectivity index (χ2n) is 5.09. The zero-order valence-electron chi connectivity index (χ0n) is 11.2. The largest absolute Gasteiger partial charge is 0.385 e. The first-order valence-electron chi connectivity index (χ1n) is 6.57. The maximum absolute atomic E-state index is 13.1. The quantitative estimate of drug-likeness (QED) is 0.855. The molecule has 2 rings (SSSR count). The average molecular weight is 251 g/mol. The lowest BCUT2D eigenvalue weighted by atomic mass is 10.1. The smallest absolute Gasteiger partial charge is 0.126 e. The molecule has 1 aromatic carbocycles. The molecular weight excluding hydrogens is 229 g/mol. The Hall–Kier alpha value is -1.13. The Labute approximate surface area is 108 Å². The lowest BCUT2D eigenvalue weighted by Gasteiger charge is -2.31. The van der Waals surface area contributed by atoms with Gasteiger partial charge in [0.05, 0.1) is 0 Å². The van der Waals surface area contributed by atoms with Crippen molar-refractivity contribution in [3.05, 3.63) is 29.6 Å². The predicted molar refractivity (Wildman–Crippen MR) is 73.5 cm³/mol. The van der Waals surface area contributed by atoms with Crippen LogP contribution in [0.1, 0.15) is 12.0 Å². The van der Waals surface area contributed by atoms with Gasteiger partial charge in [-0.15, -0.1) is 0 Å². The molecule has 1 heterocycles. The van der Waals surface area contributed by atoms with E-state index in [1.165, 1.54) is 6.07 Å². The fourth-order valence-electron chi connectivity index (χ4n) is 2.33. The number of anilines is 1. The van der Waals surface area contributed by atoms with Crippen LogP contribution in [-0.4, -0.2) is 44.2 Å². The van der Waals surface area contributed by atoms with Gasteiger partial charge >= 0.3 is 0 Å². The van der Waals surface area contributed by atoms with Crippen molar-refractivity contribution in [2.24, 2.45) is 0 Å². The highest BCUT2D eigenvalue weighted by atomic mass is 19.1. The summed E-state index contributed by atoms with van der Waals surface area (Å²) in [5, 5.41) is 6.86. The third-order valence-electron chi connectivity index (χ3n) is 3.44. The molecule has 1 atom stereocenters. The number of benzene rings is 1. The Kier molecular flexibility index (Phi) is 4.55. The molecule has 0 amide bonds. The van der Waals surface area contributed by atoms with Gasteiger partial charge in [-0.05, 0) is 44.2 Å². The van der Waals surface area contributed by atoms with Crippen molar-refractivity contribution >= 4 is 5.69 Å². The fourth-order valence-corrected chi connectivity index (χ4v) is 2.33. The zero-order chi connectivity index (χ0) is 13.0. The summed E-state index contributed by atoms with van der Waals surface area (Å²) in [5.41, 5.74) is 1.69. The molecule has 1 aliphatic heterocycles. The molecule has 0 aliphatic carbocycles. The Morgan fingerprint density at radius 1 is 1.50 bits per heavy atom. The van der Waals surface area contributed by atoms with E-state index in [1.807, 2.05) is 6.07 Å². The van der Waals surface area contributed by atoms with Gasteiger partial charge in [-0.3, -0.25) is 0 Å². The molecule has 4 heteroatoms. The lowest BCUT2D eigenvalue weighted by molar-refractivity contribution is 0.234. The number of likely N-dealkylation sites (N-methyl/N-ethyl adjacent to an activating group) is 1. The Morgan fingerprint density at radius 2 is 2.33 bits per heavy atom. The van der Waals surface area contributed by atoms with E-state index in [4.69, 9.17) is 0 Å². The van der Waals surface area contributed by atoms with Crippen LogP contribution in [-0.2, 0) is 0 Å². The van der Waals surface area contributed by atoms with Crippen LogP contribution in [0.3, 0.4) is 0 Å². The van der Waals surface area contributed by atoms with E-state index in [-0.39, 0.29) is 5.82 Å². The van der Waals surface area contributed by atoms with Crippen LogP contribution in [0.25, 0.3) is 0 Å². The molecule has 0 aromatic heterocycles. The molecule has 1 saturated heterocycles. The fraction of sp³-hybridized carbons (Fsp3) is 0.571. The third-order valence-corrected chi connectivity index (χ3v) is 3.44. The summed E-state index contributed by atoms with van der Waals surface area (Å²) in [4.78, 5) is 2.35. The monoisotopic (exact) mass is 251 g/mol. The Balaban J connectivity index is 1.76. The maximum Gasteiger partial charge on any atom is 0.126 e. The zero-order valence-corrected chi connectivity index (χ0v) is 11.2. The number of rotatable bonds is 4. The van der Waals surface area contributed by atoms with Crippen molar-refractivity contribution in [2.75, 3.05) is 38.5 Å². The number of hydrogen-bond acceptors (Lipinski definition) is 3. The van der Waals surface area contributed by atoms with E-state index in [1.54, 1.807) is 13.0 Å². The molecule has 18 heavy (non-hydrogen) atoms. The van der Waals surface area contributed by atoms with Crippen molar-refractivity contribution in [1.29, 1.82) is 0 Å². The van der Waals surface area contributed by atoms with Crippen molar-refractivity contribution < 1.29 is 4.39 Å². The second-order valence-corrected chi connectivity index (χ2v) is 5.09. The summed E-state index contributed by atoms with van der Waals surface area (Å²) in [6, 6.07) is 5.72. The Bertz CT molecular complexity index is 395. The van der Waals surface area contributed by atoms with Crippen LogP contribution in [0.5, 0.6) is 0 Å². The topological polar surface area (TPSA) is 27.3 Å². The first-order chi connectivity index (χ1) is 8.65. The minimum atomic E-state index is -0.142. The van der Waals surface area contributed by atoms with Gasteiger partial charge in [0.2, 0.25) is 0 Å². The summed E-state index contributed by atoms with van der Waals surface area (Å²) >= 11 is 0. The first-order valence-corrected chi connectivity index (χ1v) is 6.57. The molecule has 2 N–H and O–H groups in total. The first kappa shape index (κ1) is 13.3. The normalized spacial score (nSPS) is 20.9. The summed E-state index contributed by atoms with van der Waals surface area (Å²) in [6.45, 7) is 6.00. The number of hydrogen-bond donors (Lipinski definition) is 2. The van der Waals surface area contributed by atoms with Crippen molar-refractivity contribution in [2.45, 2.75) is 19.4 Å². The Morgan fingerprint density at radius 3 is 3.06 bits per heavy atom. The molecule has 100 valence electrons. The van der Waals surface area contributed by atoms with Gasteiger partial charge in [-0.25, -0.2) is 4.39 Å². The number of aryl methyl sites for hydroxylation is 1. The van der Waals surface area contributed by atoms with Crippen LogP contribution in [0.15, 0.2) is 18.2 Å². The van der Waals surface area contributed by atoms with Crippen LogP contribution in [0.4, 0.5) is 10.1 Å². The molecule has 0 radical (unpaired) electrons. The van der Waals surface area contributed by atoms with E-state index < -0.39 is 0 Å². The molecule has 1 unspecified atom stereocenters. The average Bonchev–Trinajstić information content (AvgIpc) is 2.34. The van der Waals surface area contributed by atoms with Gasteiger partial charge in [0.15, 0.2) is 0 Å². The molecule has 1 aromatic rings. The third kappa shape index (κ3) is 3.68. The molecule has 0 saturated carbocycles. The molecule has 0 spiro atoms. The summed E-state index contributed by atoms with van der Waals surface area (Å²) in [7, 11) is 2.16. The summed E-state index contributed by atoms with van der Waals surface area (Å²) in [6.07, 6.45) is 1.08. The molecular formula is C14H22FN3. The lowest BCUT2D eigenvalue weighted by Crippen LogP contribution is -2.49. The molecule has 3 nitrogen and oxygen atoms in total. The van der Waals surface area contributed by atoms with Gasteiger partial charge in [0.25, 0.3) is 0 Å². The highest BCUT2D eigenvalue weighted by Gasteiger charge is 2.15. The van der Waals surface area contributed by atoms with Gasteiger partial charge in [-0.2, -0.15) is 0 Å². The number of piperazine rings is 1. The molecule has 1 fully saturated rings. The SMILES string of the molecule is Cc1cc(NCCC2CN(C)CCN2)ccc1F. The van der Waals surface area contributed by atoms with E-state index in [0.717, 1.165) is 38.3 Å². The number of nitrogens with one attached hydrogen (secondary N) is 2. The van der Waals surface area contributed by atoms with E-state index in [0.29, 0.717) is 11.6 Å². The minimum absolute atomic E-state index is 0.142. The van der Waals surface area contributed by atoms with Crippen molar-refractivity contribution in [3.8, 4) is 0 Å². The molecule has 0 bridgehead atoms. The minimum Gasteiger partial charge on any atom is -0.385 e. The predicted octanol–water partition coefficient (Wildman–Crippen LogP) is 1.84. The second kappa shape index (κ2) is 6.16. The van der Waals surface area contributed by atoms with Crippen LogP contribution < -0.4 is 10.6 Å². The van der Waals surface area contributed by atoms with Crippen LogP contribution >= 0.6 is 0 Å². The van der Waals surface area contributed by atoms with Gasteiger partial charge in [0.1, 0.15) is 5.82 Å². The van der Waals surface area contributed by atoms with E-state index >= 15 is 0 Å². The number of nitrogens with zero attached hydrogens (tertiary/aromatic N) is 1. The van der Waals surface area contributed by atoms with Crippen molar-refractivity contribution in [1.82, 2.24) is 10.2 Å². The highest BCUT2D eigenvalue weighted by molar-refractivity contribution is 5.45. The van der Waals surface area contributed by atoms with Crippen molar-refractivity contribution in [3.63, 3.8) is 0 Å². The van der Waals surface area contributed by atoms with Gasteiger partial charge in [0, 0.05) is 37.9 Å². The van der Waals surface area contributed by atoms with E-state index in [9.17, 15) is 4.39 Å². The van der Waals surface area contributed by atoms with E-state index in [2.05, 4.69) is 22.6 Å². The van der Waals surface area contributed by atoms with Crippen LogP contribution in [0, 0.1) is 12.7 Å². The van der Waals surface area contributed by atoms with Gasteiger partial charge in [-0.1, -0.05) is 0 Å². The highest BCUT2D eigenvalue weighted by Crippen LogP contribution is 2.13. The molecule has 1 aliphatic rings. The standard InChI is InChI=1S/C14H22FN3/c1-11-9-12(3-4-14(11)15)16-6-5-13-10-18(2)8-7-17-13/h3-4,9,13,16-17H,5-8,10H2,1-2H3.